The molecule has 104 valence electrons. The van der Waals surface area contributed by atoms with Crippen molar-refractivity contribution in [2.75, 3.05) is 13.1 Å². The van der Waals surface area contributed by atoms with Crippen LogP contribution in [0.15, 0.2) is 24.5 Å². The quantitative estimate of drug-likeness (QED) is 0.779. The number of nitrogens with one attached hydrogen (secondary N) is 1. The van der Waals surface area contributed by atoms with E-state index in [1.807, 2.05) is 17.9 Å². The molecule has 1 aromatic heterocycles. The van der Waals surface area contributed by atoms with E-state index in [1.165, 1.54) is 11.1 Å². The molecule has 0 atom stereocenters. The molecule has 19 heavy (non-hydrogen) atoms. The summed E-state index contributed by atoms with van der Waals surface area (Å²) in [6, 6.07) is 6.49. The Morgan fingerprint density at radius 3 is 2.84 bits per heavy atom. The molecular formula is C15H24N4. The first-order valence-corrected chi connectivity index (χ1v) is 6.85. The zero-order valence-electron chi connectivity index (χ0n) is 12.1. The first-order chi connectivity index (χ1) is 8.96. The third-order valence-electron chi connectivity index (χ3n) is 3.33. The molecule has 0 amide bonds. The molecule has 4 heteroatoms. The lowest BCUT2D eigenvalue weighted by Crippen LogP contribution is -2.36. The van der Waals surface area contributed by atoms with Crippen LogP contribution < -0.4 is 11.1 Å². The molecular weight excluding hydrogens is 236 g/mol. The van der Waals surface area contributed by atoms with Gasteiger partial charge in [-0.3, -0.25) is 0 Å². The third-order valence-corrected chi connectivity index (χ3v) is 3.33. The summed E-state index contributed by atoms with van der Waals surface area (Å²) in [6.07, 6.45) is 3.87. The largest absolute Gasteiger partial charge is 0.334 e. The normalized spacial score (nSPS) is 12.2. The summed E-state index contributed by atoms with van der Waals surface area (Å²) in [4.78, 5) is 4.38. The number of nitrogens with zero attached hydrogens (tertiary/aromatic N) is 2. The number of imidazole rings is 1. The van der Waals surface area contributed by atoms with Gasteiger partial charge in [0.25, 0.3) is 0 Å². The summed E-state index contributed by atoms with van der Waals surface area (Å²) < 4.78 is 2.04. The average molecular weight is 260 g/mol. The molecule has 0 bridgehead atoms. The maximum atomic E-state index is 5.94. The molecule has 0 radical (unpaired) electrons. The maximum absolute atomic E-state index is 5.94. The summed E-state index contributed by atoms with van der Waals surface area (Å²) in [5, 5.41) is 3.44. The van der Waals surface area contributed by atoms with Gasteiger partial charge in [0.15, 0.2) is 0 Å². The summed E-state index contributed by atoms with van der Waals surface area (Å²) in [7, 11) is 2.02. The second kappa shape index (κ2) is 5.72. The van der Waals surface area contributed by atoms with Crippen molar-refractivity contribution in [3.05, 3.63) is 30.1 Å². The number of fused-ring (bicyclic) bond motifs is 1. The fourth-order valence-electron chi connectivity index (χ4n) is 2.11. The number of benzene rings is 1. The van der Waals surface area contributed by atoms with Gasteiger partial charge in [0.05, 0.1) is 17.4 Å². The monoisotopic (exact) mass is 260 g/mol. The van der Waals surface area contributed by atoms with Gasteiger partial charge in [0, 0.05) is 12.6 Å². The lowest BCUT2D eigenvalue weighted by Gasteiger charge is -2.18. The minimum Gasteiger partial charge on any atom is -0.334 e. The number of nitrogens with two attached hydrogens (primary N) is 1. The van der Waals surface area contributed by atoms with Crippen LogP contribution in [0.5, 0.6) is 0 Å². The van der Waals surface area contributed by atoms with E-state index in [1.54, 1.807) is 0 Å². The molecule has 0 aliphatic heterocycles. The Morgan fingerprint density at radius 1 is 1.32 bits per heavy atom. The van der Waals surface area contributed by atoms with Gasteiger partial charge in [-0.25, -0.2) is 4.98 Å². The Bertz CT molecular complexity index is 537. The van der Waals surface area contributed by atoms with Crippen LogP contribution in [0.25, 0.3) is 11.0 Å². The number of hydrogen-bond donors (Lipinski definition) is 2. The Labute approximate surface area is 115 Å². The number of hydrogen-bond acceptors (Lipinski definition) is 3. The van der Waals surface area contributed by atoms with Gasteiger partial charge in [-0.2, -0.15) is 0 Å². The Balaban J connectivity index is 1.82. The molecule has 2 aromatic rings. The summed E-state index contributed by atoms with van der Waals surface area (Å²) in [6.45, 7) is 6.07. The maximum Gasteiger partial charge on any atom is 0.0955 e. The molecule has 3 N–H and O–H groups in total. The van der Waals surface area contributed by atoms with E-state index in [2.05, 4.69) is 42.3 Å². The second-order valence-corrected chi connectivity index (χ2v) is 5.92. The predicted molar refractivity (Wildman–Crippen MR) is 80.2 cm³/mol. The van der Waals surface area contributed by atoms with E-state index in [0.29, 0.717) is 0 Å². The van der Waals surface area contributed by atoms with Crippen molar-refractivity contribution in [1.82, 2.24) is 14.9 Å². The molecule has 1 heterocycles. The van der Waals surface area contributed by atoms with Gasteiger partial charge in [-0.05, 0) is 57.5 Å². The highest BCUT2D eigenvalue weighted by Crippen LogP contribution is 2.14. The van der Waals surface area contributed by atoms with Crippen molar-refractivity contribution in [2.45, 2.75) is 32.2 Å². The first-order valence-electron chi connectivity index (χ1n) is 6.85. The van der Waals surface area contributed by atoms with Crippen LogP contribution in [0.4, 0.5) is 0 Å². The van der Waals surface area contributed by atoms with Crippen molar-refractivity contribution < 1.29 is 0 Å². The Morgan fingerprint density at radius 2 is 2.11 bits per heavy atom. The Hall–Kier alpha value is -1.39. The van der Waals surface area contributed by atoms with E-state index >= 15 is 0 Å². The number of rotatable bonds is 6. The minimum absolute atomic E-state index is 0.0835. The van der Waals surface area contributed by atoms with Crippen LogP contribution >= 0.6 is 0 Å². The van der Waals surface area contributed by atoms with Crippen molar-refractivity contribution >= 4 is 11.0 Å². The standard InChI is InChI=1S/C15H24N4/c1-15(2,16)7-9-17-8-6-12-4-5-14-13(10-12)18-11-19(14)3/h4-5,10-11,17H,6-9,16H2,1-3H3. The van der Waals surface area contributed by atoms with Crippen LogP contribution in [0.2, 0.25) is 0 Å². The van der Waals surface area contributed by atoms with E-state index in [4.69, 9.17) is 5.73 Å². The fraction of sp³-hybridized carbons (Fsp3) is 0.533. The van der Waals surface area contributed by atoms with Gasteiger partial charge in [-0.15, -0.1) is 0 Å². The zero-order chi connectivity index (χ0) is 13.9. The summed E-state index contributed by atoms with van der Waals surface area (Å²) in [5.74, 6) is 0. The Kier molecular flexibility index (Phi) is 4.22. The molecule has 4 nitrogen and oxygen atoms in total. The lowest BCUT2D eigenvalue weighted by molar-refractivity contribution is 0.456. The van der Waals surface area contributed by atoms with E-state index in [0.717, 1.165) is 31.4 Å². The molecule has 0 saturated carbocycles. The van der Waals surface area contributed by atoms with E-state index < -0.39 is 0 Å². The lowest BCUT2D eigenvalue weighted by atomic mass is 10.0. The second-order valence-electron chi connectivity index (χ2n) is 5.92. The fourth-order valence-corrected chi connectivity index (χ4v) is 2.11. The smallest absolute Gasteiger partial charge is 0.0955 e. The van der Waals surface area contributed by atoms with E-state index in [-0.39, 0.29) is 5.54 Å². The molecule has 1 aromatic carbocycles. The highest BCUT2D eigenvalue weighted by atomic mass is 15.0. The summed E-state index contributed by atoms with van der Waals surface area (Å²) >= 11 is 0. The van der Waals surface area contributed by atoms with Crippen LogP contribution in [0, 0.1) is 0 Å². The van der Waals surface area contributed by atoms with Crippen LogP contribution in [0.3, 0.4) is 0 Å². The molecule has 0 fully saturated rings. The van der Waals surface area contributed by atoms with Gasteiger partial charge in [0.2, 0.25) is 0 Å². The zero-order valence-corrected chi connectivity index (χ0v) is 12.1. The van der Waals surface area contributed by atoms with Crippen LogP contribution in [-0.2, 0) is 13.5 Å². The van der Waals surface area contributed by atoms with Crippen molar-refractivity contribution in [3.63, 3.8) is 0 Å². The average Bonchev–Trinajstić information content (AvgIpc) is 2.69. The molecule has 0 unspecified atom stereocenters. The van der Waals surface area contributed by atoms with Gasteiger partial charge >= 0.3 is 0 Å². The molecule has 0 saturated heterocycles. The van der Waals surface area contributed by atoms with Gasteiger partial charge in [0.1, 0.15) is 0 Å². The molecule has 2 rings (SSSR count). The molecule has 0 spiro atoms. The predicted octanol–water partition coefficient (Wildman–Crippen LogP) is 1.83. The van der Waals surface area contributed by atoms with Crippen molar-refractivity contribution in [2.24, 2.45) is 12.8 Å². The van der Waals surface area contributed by atoms with Gasteiger partial charge < -0.3 is 15.6 Å². The van der Waals surface area contributed by atoms with Crippen molar-refractivity contribution in [1.29, 1.82) is 0 Å². The van der Waals surface area contributed by atoms with Crippen LogP contribution in [0.1, 0.15) is 25.8 Å². The third kappa shape index (κ3) is 4.04. The minimum atomic E-state index is -0.0835. The SMILES string of the molecule is Cn1cnc2cc(CCNCCC(C)(C)N)ccc21. The highest BCUT2D eigenvalue weighted by molar-refractivity contribution is 5.75. The first kappa shape index (κ1) is 14.0. The topological polar surface area (TPSA) is 55.9 Å². The number of aryl methyl sites for hydroxylation is 1. The summed E-state index contributed by atoms with van der Waals surface area (Å²) in [5.41, 5.74) is 9.44. The molecule has 0 aliphatic rings. The van der Waals surface area contributed by atoms with Crippen LogP contribution in [-0.4, -0.2) is 28.2 Å². The van der Waals surface area contributed by atoms with Gasteiger partial charge in [-0.1, -0.05) is 6.07 Å². The highest BCUT2D eigenvalue weighted by Gasteiger charge is 2.08. The van der Waals surface area contributed by atoms with E-state index in [9.17, 15) is 0 Å². The molecule has 0 aliphatic carbocycles. The number of aromatic nitrogens is 2. The van der Waals surface area contributed by atoms with Crippen molar-refractivity contribution in [3.8, 4) is 0 Å².